The van der Waals surface area contributed by atoms with Crippen molar-refractivity contribution in [3.05, 3.63) is 0 Å². The summed E-state index contributed by atoms with van der Waals surface area (Å²) in [5, 5.41) is 11.9. The van der Waals surface area contributed by atoms with Crippen LogP contribution in [0.15, 0.2) is 0 Å². The molecule has 0 aliphatic carbocycles. The highest BCUT2D eigenvalue weighted by Gasteiger charge is 2.46. The van der Waals surface area contributed by atoms with Gasteiger partial charge in [0.1, 0.15) is 5.92 Å². The third-order valence-electron chi connectivity index (χ3n) is 3.92. The van der Waals surface area contributed by atoms with Crippen molar-refractivity contribution in [1.29, 1.82) is 0 Å². The van der Waals surface area contributed by atoms with E-state index >= 15 is 0 Å². The molecule has 0 aromatic rings. The van der Waals surface area contributed by atoms with Crippen molar-refractivity contribution in [3.63, 3.8) is 0 Å². The zero-order valence-corrected chi connectivity index (χ0v) is 12.8. The molecule has 0 bridgehead atoms. The van der Waals surface area contributed by atoms with E-state index in [1.807, 2.05) is 0 Å². The molecule has 0 aromatic heterocycles. The van der Waals surface area contributed by atoms with Crippen LogP contribution in [0, 0.1) is 16.7 Å². The maximum absolute atomic E-state index is 12.4. The molecule has 20 heavy (non-hydrogen) atoms. The fourth-order valence-corrected chi connectivity index (χ4v) is 2.67. The van der Waals surface area contributed by atoms with E-state index in [2.05, 4.69) is 5.32 Å². The maximum Gasteiger partial charge on any atom is 0.316 e. The first-order chi connectivity index (χ1) is 9.03. The number of hydrogen-bond donors (Lipinski definition) is 2. The Kier molecular flexibility index (Phi) is 4.46. The summed E-state index contributed by atoms with van der Waals surface area (Å²) in [5.74, 6) is -2.72. The van der Waals surface area contributed by atoms with E-state index < -0.39 is 28.6 Å². The second-order valence-corrected chi connectivity index (χ2v) is 6.79. The van der Waals surface area contributed by atoms with Crippen molar-refractivity contribution in [2.45, 2.75) is 34.1 Å². The highest BCUT2D eigenvalue weighted by atomic mass is 16.4. The molecular formula is C14H24N2O4. The number of carboxylic acid groups (broad SMARTS) is 1. The summed E-state index contributed by atoms with van der Waals surface area (Å²) in [7, 11) is 1.56. The quantitative estimate of drug-likeness (QED) is 0.748. The van der Waals surface area contributed by atoms with Crippen molar-refractivity contribution < 1.29 is 19.5 Å². The van der Waals surface area contributed by atoms with Gasteiger partial charge >= 0.3 is 5.97 Å². The van der Waals surface area contributed by atoms with E-state index in [4.69, 9.17) is 0 Å². The Hall–Kier alpha value is -1.59. The van der Waals surface area contributed by atoms with Gasteiger partial charge in [-0.3, -0.25) is 14.4 Å². The monoisotopic (exact) mass is 284 g/mol. The van der Waals surface area contributed by atoms with E-state index in [0.717, 1.165) is 0 Å². The van der Waals surface area contributed by atoms with E-state index in [-0.39, 0.29) is 12.5 Å². The van der Waals surface area contributed by atoms with Crippen LogP contribution in [0.2, 0.25) is 0 Å². The first kappa shape index (κ1) is 16.5. The van der Waals surface area contributed by atoms with Gasteiger partial charge in [-0.05, 0) is 18.8 Å². The summed E-state index contributed by atoms with van der Waals surface area (Å²) in [4.78, 5) is 37.2. The number of nitrogens with one attached hydrogen (secondary N) is 1. The predicted octanol–water partition coefficient (Wildman–Crippen LogP) is 0.718. The fraction of sp³-hybridized carbons (Fsp3) is 0.786. The second kappa shape index (κ2) is 5.42. The van der Waals surface area contributed by atoms with Gasteiger partial charge in [0.05, 0.1) is 5.41 Å². The Morgan fingerprint density at radius 2 is 1.85 bits per heavy atom. The average Bonchev–Trinajstić information content (AvgIpc) is 2.69. The smallest absolute Gasteiger partial charge is 0.316 e. The third kappa shape index (κ3) is 3.11. The van der Waals surface area contributed by atoms with E-state index in [9.17, 15) is 19.5 Å². The van der Waals surface area contributed by atoms with Crippen molar-refractivity contribution >= 4 is 17.8 Å². The number of nitrogens with zero attached hydrogens (tertiary/aromatic N) is 1. The lowest BCUT2D eigenvalue weighted by Gasteiger charge is -2.30. The maximum atomic E-state index is 12.4. The minimum absolute atomic E-state index is 0.115. The zero-order valence-electron chi connectivity index (χ0n) is 12.8. The zero-order chi connectivity index (χ0) is 15.7. The minimum atomic E-state index is -1.11. The minimum Gasteiger partial charge on any atom is -0.481 e. The van der Waals surface area contributed by atoms with Crippen LogP contribution in [0.4, 0.5) is 0 Å². The average molecular weight is 284 g/mol. The molecule has 1 aliphatic heterocycles. The Morgan fingerprint density at radius 3 is 2.25 bits per heavy atom. The number of amides is 2. The van der Waals surface area contributed by atoms with E-state index in [1.54, 1.807) is 34.7 Å². The molecule has 1 rings (SSSR count). The highest BCUT2D eigenvalue weighted by Crippen LogP contribution is 2.34. The van der Waals surface area contributed by atoms with Gasteiger partial charge in [0.2, 0.25) is 11.8 Å². The molecule has 0 radical (unpaired) electrons. The van der Waals surface area contributed by atoms with Crippen molar-refractivity contribution in [2.24, 2.45) is 16.7 Å². The molecule has 0 spiro atoms. The largest absolute Gasteiger partial charge is 0.481 e. The topological polar surface area (TPSA) is 86.7 Å². The molecule has 0 saturated carbocycles. The van der Waals surface area contributed by atoms with Crippen LogP contribution in [0.25, 0.3) is 0 Å². The Labute approximate surface area is 119 Å². The van der Waals surface area contributed by atoms with Crippen LogP contribution in [0.3, 0.4) is 0 Å². The highest BCUT2D eigenvalue weighted by molar-refractivity contribution is 5.98. The lowest BCUT2D eigenvalue weighted by Crippen LogP contribution is -2.46. The van der Waals surface area contributed by atoms with Crippen molar-refractivity contribution in [3.8, 4) is 0 Å². The lowest BCUT2D eigenvalue weighted by atomic mass is 9.80. The van der Waals surface area contributed by atoms with Crippen LogP contribution in [-0.2, 0) is 14.4 Å². The summed E-state index contributed by atoms with van der Waals surface area (Å²) >= 11 is 0. The number of hydrogen-bond acceptors (Lipinski definition) is 3. The molecule has 2 amide bonds. The summed E-state index contributed by atoms with van der Waals surface area (Å²) in [6, 6.07) is 0. The molecule has 6 heteroatoms. The van der Waals surface area contributed by atoms with Gasteiger partial charge in [0, 0.05) is 20.1 Å². The molecule has 1 heterocycles. The molecule has 2 N–H and O–H groups in total. The summed E-state index contributed by atoms with van der Waals surface area (Å²) in [5.41, 5.74) is -1.29. The molecule has 114 valence electrons. The van der Waals surface area contributed by atoms with Gasteiger partial charge in [-0.2, -0.15) is 0 Å². The van der Waals surface area contributed by atoms with E-state index in [1.165, 1.54) is 4.90 Å². The van der Waals surface area contributed by atoms with Crippen LogP contribution >= 0.6 is 0 Å². The Morgan fingerprint density at radius 1 is 1.30 bits per heavy atom. The van der Waals surface area contributed by atoms with Crippen molar-refractivity contribution in [1.82, 2.24) is 10.2 Å². The van der Waals surface area contributed by atoms with E-state index in [0.29, 0.717) is 13.0 Å². The number of carbonyl (C=O) groups excluding carboxylic acids is 2. The van der Waals surface area contributed by atoms with Crippen LogP contribution < -0.4 is 5.32 Å². The lowest BCUT2D eigenvalue weighted by molar-refractivity contribution is -0.155. The predicted molar refractivity (Wildman–Crippen MR) is 74.0 cm³/mol. The summed E-state index contributed by atoms with van der Waals surface area (Å²) in [6.45, 7) is 7.69. The Bertz CT molecular complexity index is 427. The molecule has 0 aromatic carbocycles. The van der Waals surface area contributed by atoms with Crippen LogP contribution in [0.5, 0.6) is 0 Å². The molecule has 1 aliphatic rings. The fourth-order valence-electron chi connectivity index (χ4n) is 2.67. The first-order valence-corrected chi connectivity index (χ1v) is 6.77. The van der Waals surface area contributed by atoms with Gasteiger partial charge in [-0.15, -0.1) is 0 Å². The number of rotatable bonds is 3. The third-order valence-corrected chi connectivity index (χ3v) is 3.92. The van der Waals surface area contributed by atoms with Crippen LogP contribution in [0.1, 0.15) is 34.1 Å². The van der Waals surface area contributed by atoms with Gasteiger partial charge in [-0.1, -0.05) is 20.8 Å². The molecule has 1 saturated heterocycles. The van der Waals surface area contributed by atoms with Crippen LogP contribution in [-0.4, -0.2) is 47.9 Å². The molecule has 2 unspecified atom stereocenters. The normalized spacial score (nSPS) is 24.4. The second-order valence-electron chi connectivity index (χ2n) is 6.79. The summed E-state index contributed by atoms with van der Waals surface area (Å²) < 4.78 is 0. The van der Waals surface area contributed by atoms with Gasteiger partial charge in [0.25, 0.3) is 0 Å². The molecule has 6 nitrogen and oxygen atoms in total. The van der Waals surface area contributed by atoms with Gasteiger partial charge in [-0.25, -0.2) is 0 Å². The molecule has 1 fully saturated rings. The molecular weight excluding hydrogens is 260 g/mol. The SMILES string of the molecule is CNC(=O)C1(C)CCN(C(=O)C(C(=O)O)C(C)(C)C)C1. The first-order valence-electron chi connectivity index (χ1n) is 6.77. The number of aliphatic carboxylic acids is 1. The number of carboxylic acids is 1. The number of carbonyl (C=O) groups is 3. The van der Waals surface area contributed by atoms with Gasteiger partial charge in [0.15, 0.2) is 0 Å². The standard InChI is InChI=1S/C14H24N2O4/c1-13(2,3)9(11(18)19)10(17)16-7-6-14(4,8-16)12(20)15-5/h9H,6-8H2,1-5H3,(H,15,20)(H,18,19). The molecule has 2 atom stereocenters. The Balaban J connectivity index is 2.90. The number of likely N-dealkylation sites (tertiary alicyclic amines) is 1. The van der Waals surface area contributed by atoms with Crippen molar-refractivity contribution in [2.75, 3.05) is 20.1 Å². The summed E-state index contributed by atoms with van der Waals surface area (Å²) in [6.07, 6.45) is 0.550. The van der Waals surface area contributed by atoms with Gasteiger partial charge < -0.3 is 15.3 Å².